The Labute approximate surface area is 547 Å². The highest BCUT2D eigenvalue weighted by atomic mass is 16.8. The maximum absolute atomic E-state index is 13.3. The first kappa shape index (κ1) is 82.5. The minimum absolute atomic E-state index is 0.00846. The van der Waals surface area contributed by atoms with Crippen molar-refractivity contribution in [2.45, 2.75) is 349 Å². The van der Waals surface area contributed by atoms with E-state index in [0.29, 0.717) is 6.42 Å². The highest BCUT2D eigenvalue weighted by molar-refractivity contribution is 5.77. The Kier molecular flexibility index (Phi) is 48.4. The highest BCUT2D eigenvalue weighted by Crippen LogP contribution is 2.33. The molecule has 0 saturated carbocycles. The fourth-order valence-corrected chi connectivity index (χ4v) is 11.8. The summed E-state index contributed by atoms with van der Waals surface area (Å²) in [6.45, 7) is 1.55. The Morgan fingerprint density at radius 1 is 0.407 bits per heavy atom. The number of carbonyl (C=O) groups is 1. The van der Waals surface area contributed by atoms with Crippen molar-refractivity contribution in [1.82, 2.24) is 5.32 Å². The van der Waals surface area contributed by atoms with E-state index in [4.69, 9.17) is 28.4 Å². The summed E-state index contributed by atoms with van der Waals surface area (Å²) < 4.78 is 34.3. The summed E-state index contributed by atoms with van der Waals surface area (Å²) in [6, 6.07) is -1.03. The highest BCUT2D eigenvalue weighted by Gasteiger charge is 2.53. The van der Waals surface area contributed by atoms with Crippen LogP contribution in [-0.4, -0.2) is 193 Å². The lowest BCUT2D eigenvalue weighted by Crippen LogP contribution is -2.66. The van der Waals surface area contributed by atoms with Gasteiger partial charge < -0.3 is 89.9 Å². The molecular weight excluding hydrogens is 1170 g/mol. The lowest BCUT2D eigenvalue weighted by molar-refractivity contribution is -0.379. The van der Waals surface area contributed by atoms with Crippen molar-refractivity contribution in [3.8, 4) is 0 Å². The lowest BCUT2D eigenvalue weighted by Gasteiger charge is -2.48. The molecule has 91 heavy (non-hydrogen) atoms. The molecule has 3 aliphatic heterocycles. The molecule has 528 valence electrons. The molecule has 0 aromatic rings. The first-order valence-corrected chi connectivity index (χ1v) is 35.7. The smallest absolute Gasteiger partial charge is 0.224 e. The van der Waals surface area contributed by atoms with Crippen molar-refractivity contribution in [2.75, 3.05) is 26.4 Å². The minimum atomic E-state index is -1.99. The molecule has 3 saturated heterocycles. The molecule has 3 fully saturated rings. The molecule has 3 rings (SSSR count). The molecule has 17 atom stereocenters. The van der Waals surface area contributed by atoms with Crippen LogP contribution in [0.2, 0.25) is 0 Å². The maximum atomic E-state index is 13.3. The van der Waals surface area contributed by atoms with Gasteiger partial charge in [-0.3, -0.25) is 4.79 Å². The van der Waals surface area contributed by atoms with Crippen LogP contribution in [0.15, 0.2) is 72.9 Å². The molecule has 0 bridgehead atoms. The summed E-state index contributed by atoms with van der Waals surface area (Å²) >= 11 is 0. The molecule has 1 amide bonds. The Bertz CT molecular complexity index is 1930. The summed E-state index contributed by atoms with van der Waals surface area (Å²) in [5, 5.41) is 120. The van der Waals surface area contributed by atoms with E-state index in [0.717, 1.165) is 51.4 Å². The third-order valence-electron chi connectivity index (χ3n) is 17.5. The van der Waals surface area contributed by atoms with E-state index < -0.39 is 137 Å². The fraction of sp³-hybridized carbons (Fsp3) is 0.819. The van der Waals surface area contributed by atoms with Gasteiger partial charge in [-0.15, -0.1) is 0 Å². The molecule has 0 spiro atoms. The molecule has 19 nitrogen and oxygen atoms in total. The number of carbonyl (C=O) groups excluding carboxylic acids is 1. The first-order valence-electron chi connectivity index (χ1n) is 35.7. The number of rotatable bonds is 54. The van der Waals surface area contributed by atoms with Crippen LogP contribution >= 0.6 is 0 Å². The van der Waals surface area contributed by atoms with Gasteiger partial charge >= 0.3 is 0 Å². The van der Waals surface area contributed by atoms with E-state index in [9.17, 15) is 61.0 Å². The zero-order chi connectivity index (χ0) is 66.1. The summed E-state index contributed by atoms with van der Waals surface area (Å²) in [7, 11) is 0. The Balaban J connectivity index is 1.41. The standard InChI is InChI=1S/C72H127NO18/c1-3-5-7-9-11-13-15-17-19-20-21-22-23-24-25-26-27-28-29-30-31-32-33-34-36-37-39-41-43-45-47-49-56(77)55(73-60(78)50-48-46-44-42-40-38-35-18-16-14-12-10-8-6-4-2)54-86-70-66(84)63(81)68(58(52-75)88-70)91-72-67(85)64(82)69(59(53-76)89-72)90-71-65(83)62(80)61(79)57(51-74)87-71/h6,8,12,14,18,35,40,42,46-49,55-59,61-72,74-77,79-85H,3-5,7,9-11,13,15-17,19-34,36-39,41,43-45,50-54H2,1-2H3,(H,73,78)/b8-6-,14-12-,35-18-,42-40-,48-46-,49-47+. The van der Waals surface area contributed by atoms with Gasteiger partial charge in [-0.25, -0.2) is 0 Å². The first-order chi connectivity index (χ1) is 44.3. The maximum Gasteiger partial charge on any atom is 0.224 e. The Hall–Kier alpha value is -2.77. The van der Waals surface area contributed by atoms with Crippen molar-refractivity contribution >= 4 is 5.91 Å². The number of allylic oxidation sites excluding steroid dienone is 10. The Morgan fingerprint density at radius 2 is 0.747 bits per heavy atom. The van der Waals surface area contributed by atoms with Gasteiger partial charge in [0.05, 0.1) is 38.6 Å². The molecule has 0 aromatic heterocycles. The van der Waals surface area contributed by atoms with E-state index in [-0.39, 0.29) is 6.42 Å². The van der Waals surface area contributed by atoms with E-state index >= 15 is 0 Å². The second kappa shape index (κ2) is 53.4. The van der Waals surface area contributed by atoms with Crippen LogP contribution in [-0.2, 0) is 33.2 Å². The summed E-state index contributed by atoms with van der Waals surface area (Å²) in [5.41, 5.74) is 0. The Morgan fingerprint density at radius 3 is 1.14 bits per heavy atom. The third kappa shape index (κ3) is 35.2. The second-order valence-corrected chi connectivity index (χ2v) is 25.3. The zero-order valence-electron chi connectivity index (χ0n) is 55.8. The molecule has 0 radical (unpaired) electrons. The monoisotopic (exact) mass is 1290 g/mol. The number of hydrogen-bond donors (Lipinski definition) is 12. The van der Waals surface area contributed by atoms with E-state index in [1.807, 2.05) is 18.2 Å². The van der Waals surface area contributed by atoms with Crippen LogP contribution in [0.1, 0.15) is 245 Å². The van der Waals surface area contributed by atoms with Crippen molar-refractivity contribution in [3.05, 3.63) is 72.9 Å². The van der Waals surface area contributed by atoms with Crippen molar-refractivity contribution in [2.24, 2.45) is 0 Å². The number of aliphatic hydroxyl groups excluding tert-OH is 11. The van der Waals surface area contributed by atoms with Crippen LogP contribution in [0, 0.1) is 0 Å². The topological polar surface area (TPSA) is 307 Å². The third-order valence-corrected chi connectivity index (χ3v) is 17.5. The number of amides is 1. The van der Waals surface area contributed by atoms with E-state index in [2.05, 4.69) is 61.7 Å². The van der Waals surface area contributed by atoms with Gasteiger partial charge in [0.25, 0.3) is 0 Å². The SMILES string of the molecule is CC/C=C\C/C=C\C/C=C\C/C=C\C/C=C\CC(=O)NC(COC1OC(CO)C(OC2OC(CO)C(OC3OC(CO)C(O)C(O)C3O)C(O)C2O)C(O)C1O)C(O)/C=C/CCCCCCCCCCCCCCCCCCCCCCCCCCCCCCC. The molecule has 19 heteroatoms. The summed E-state index contributed by atoms with van der Waals surface area (Å²) in [5.74, 6) is -0.402. The predicted molar refractivity (Wildman–Crippen MR) is 355 cm³/mol. The normalized spacial score (nSPS) is 28.3. The molecule has 3 aliphatic rings. The molecule has 12 N–H and O–H groups in total. The van der Waals surface area contributed by atoms with Crippen LogP contribution in [0.25, 0.3) is 0 Å². The van der Waals surface area contributed by atoms with E-state index in [1.54, 1.807) is 12.2 Å². The van der Waals surface area contributed by atoms with Crippen molar-refractivity contribution in [3.63, 3.8) is 0 Å². The van der Waals surface area contributed by atoms with Gasteiger partial charge in [0.15, 0.2) is 18.9 Å². The summed E-state index contributed by atoms with van der Waals surface area (Å²) in [6.07, 6.45) is 40.8. The van der Waals surface area contributed by atoms with Crippen LogP contribution in [0.5, 0.6) is 0 Å². The average molecular weight is 1290 g/mol. The van der Waals surface area contributed by atoms with Crippen LogP contribution in [0.4, 0.5) is 0 Å². The van der Waals surface area contributed by atoms with Gasteiger partial charge in [-0.2, -0.15) is 0 Å². The second-order valence-electron chi connectivity index (χ2n) is 25.3. The van der Waals surface area contributed by atoms with Gasteiger partial charge in [-0.1, -0.05) is 267 Å². The number of unbranched alkanes of at least 4 members (excludes halogenated alkanes) is 29. The minimum Gasteiger partial charge on any atom is -0.394 e. The van der Waals surface area contributed by atoms with Gasteiger partial charge in [0, 0.05) is 6.42 Å². The number of ether oxygens (including phenoxy) is 6. The molecule has 17 unspecified atom stereocenters. The number of aliphatic hydroxyl groups is 11. The zero-order valence-corrected chi connectivity index (χ0v) is 55.8. The van der Waals surface area contributed by atoms with E-state index in [1.165, 1.54) is 167 Å². The molecule has 0 aromatic carbocycles. The fourth-order valence-electron chi connectivity index (χ4n) is 11.8. The average Bonchev–Trinajstić information content (AvgIpc) is 0.883. The van der Waals surface area contributed by atoms with Gasteiger partial charge in [-0.05, 0) is 44.9 Å². The lowest BCUT2D eigenvalue weighted by atomic mass is 9.96. The van der Waals surface area contributed by atoms with Crippen LogP contribution < -0.4 is 5.32 Å². The number of hydrogen-bond acceptors (Lipinski definition) is 18. The largest absolute Gasteiger partial charge is 0.394 e. The molecule has 3 heterocycles. The van der Waals surface area contributed by atoms with Crippen molar-refractivity contribution < 1.29 is 89.4 Å². The van der Waals surface area contributed by atoms with Crippen molar-refractivity contribution in [1.29, 1.82) is 0 Å². The molecule has 0 aliphatic carbocycles. The quantitative estimate of drug-likeness (QED) is 0.0199. The number of nitrogens with one attached hydrogen (secondary N) is 1. The molecular formula is C72H127NO18. The summed E-state index contributed by atoms with van der Waals surface area (Å²) in [4.78, 5) is 13.3. The van der Waals surface area contributed by atoms with Gasteiger partial charge in [0.2, 0.25) is 5.91 Å². The predicted octanol–water partition coefficient (Wildman–Crippen LogP) is 9.72. The van der Waals surface area contributed by atoms with Crippen LogP contribution in [0.3, 0.4) is 0 Å². The van der Waals surface area contributed by atoms with Gasteiger partial charge in [0.1, 0.15) is 73.2 Å².